The van der Waals surface area contributed by atoms with Crippen LogP contribution < -0.4 is 5.32 Å². The SMILES string of the molecule is COC(=O)N1CCC[C@@]2(CCOC(=O)N2)C1Cc1cccc(-c2ccccc2)c1. The summed E-state index contributed by atoms with van der Waals surface area (Å²) in [6, 6.07) is 18.4. The number of rotatable bonds is 3. The lowest BCUT2D eigenvalue weighted by Crippen LogP contribution is -2.68. The lowest BCUT2D eigenvalue weighted by molar-refractivity contribution is 0.00323. The number of carbonyl (C=O) groups is 2. The van der Waals surface area contributed by atoms with Crippen molar-refractivity contribution in [3.05, 3.63) is 60.2 Å². The van der Waals surface area contributed by atoms with Gasteiger partial charge < -0.3 is 19.7 Å². The lowest BCUT2D eigenvalue weighted by Gasteiger charge is -2.51. The summed E-state index contributed by atoms with van der Waals surface area (Å²) in [5.74, 6) is 0. The molecule has 0 aliphatic carbocycles. The first-order valence-electron chi connectivity index (χ1n) is 10.1. The molecule has 2 amide bonds. The second-order valence-electron chi connectivity index (χ2n) is 7.72. The first kappa shape index (κ1) is 19.3. The summed E-state index contributed by atoms with van der Waals surface area (Å²) >= 11 is 0. The first-order chi connectivity index (χ1) is 14.1. The van der Waals surface area contributed by atoms with Gasteiger partial charge in [-0.3, -0.25) is 0 Å². The van der Waals surface area contributed by atoms with Crippen molar-refractivity contribution in [3.8, 4) is 11.1 Å². The number of nitrogens with zero attached hydrogens (tertiary/aromatic N) is 1. The number of likely N-dealkylation sites (tertiary alicyclic amines) is 1. The van der Waals surface area contributed by atoms with E-state index in [-0.39, 0.29) is 12.1 Å². The van der Waals surface area contributed by atoms with Crippen LogP contribution in [0.1, 0.15) is 24.8 Å². The number of cyclic esters (lactones) is 1. The molecule has 0 radical (unpaired) electrons. The van der Waals surface area contributed by atoms with Crippen LogP contribution in [0.5, 0.6) is 0 Å². The van der Waals surface area contributed by atoms with Crippen LogP contribution >= 0.6 is 0 Å². The Morgan fingerprint density at radius 3 is 2.72 bits per heavy atom. The number of hydrogen-bond acceptors (Lipinski definition) is 4. The van der Waals surface area contributed by atoms with Gasteiger partial charge in [-0.05, 0) is 36.0 Å². The lowest BCUT2D eigenvalue weighted by atomic mass is 9.75. The number of benzene rings is 2. The average molecular weight is 394 g/mol. The highest BCUT2D eigenvalue weighted by atomic mass is 16.6. The van der Waals surface area contributed by atoms with Crippen molar-refractivity contribution in [2.75, 3.05) is 20.3 Å². The summed E-state index contributed by atoms with van der Waals surface area (Å²) in [5.41, 5.74) is 2.91. The highest BCUT2D eigenvalue weighted by molar-refractivity contribution is 5.71. The zero-order chi connectivity index (χ0) is 20.3. The summed E-state index contributed by atoms with van der Waals surface area (Å²) < 4.78 is 10.2. The van der Waals surface area contributed by atoms with Crippen LogP contribution in [-0.2, 0) is 15.9 Å². The molecule has 2 heterocycles. The number of amides is 2. The van der Waals surface area contributed by atoms with Gasteiger partial charge in [0.15, 0.2) is 0 Å². The Morgan fingerprint density at radius 2 is 1.97 bits per heavy atom. The fraction of sp³-hybridized carbons (Fsp3) is 0.391. The highest BCUT2D eigenvalue weighted by Gasteiger charge is 2.49. The van der Waals surface area contributed by atoms with E-state index < -0.39 is 11.6 Å². The molecule has 2 fully saturated rings. The number of alkyl carbamates (subject to hydrolysis) is 1. The normalized spacial score (nSPS) is 24.0. The van der Waals surface area contributed by atoms with Crippen LogP contribution in [0.25, 0.3) is 11.1 Å². The molecule has 6 nitrogen and oxygen atoms in total. The Kier molecular flexibility index (Phi) is 5.43. The number of methoxy groups -OCH3 is 1. The van der Waals surface area contributed by atoms with Crippen molar-refractivity contribution in [3.63, 3.8) is 0 Å². The van der Waals surface area contributed by atoms with Gasteiger partial charge in [-0.2, -0.15) is 0 Å². The maximum absolute atomic E-state index is 12.5. The van der Waals surface area contributed by atoms with E-state index >= 15 is 0 Å². The molecule has 2 aliphatic rings. The molecular formula is C23H26N2O4. The van der Waals surface area contributed by atoms with Gasteiger partial charge >= 0.3 is 12.2 Å². The van der Waals surface area contributed by atoms with Gasteiger partial charge in [0.25, 0.3) is 0 Å². The Morgan fingerprint density at radius 1 is 1.17 bits per heavy atom. The molecule has 1 spiro atoms. The van der Waals surface area contributed by atoms with Crippen molar-refractivity contribution in [1.82, 2.24) is 10.2 Å². The molecule has 1 unspecified atom stereocenters. The second kappa shape index (κ2) is 8.15. The van der Waals surface area contributed by atoms with Crippen LogP contribution in [0, 0.1) is 0 Å². The third-order valence-corrected chi connectivity index (χ3v) is 6.04. The summed E-state index contributed by atoms with van der Waals surface area (Å²) in [6.45, 7) is 0.982. The molecule has 4 rings (SSSR count). The molecule has 29 heavy (non-hydrogen) atoms. The van der Waals surface area contributed by atoms with Gasteiger partial charge in [0, 0.05) is 13.0 Å². The Hall–Kier alpha value is -3.02. The first-order valence-corrected chi connectivity index (χ1v) is 10.1. The van der Waals surface area contributed by atoms with Crippen LogP contribution in [0.4, 0.5) is 9.59 Å². The minimum atomic E-state index is -0.496. The van der Waals surface area contributed by atoms with E-state index in [9.17, 15) is 9.59 Å². The molecule has 0 aromatic heterocycles. The maximum Gasteiger partial charge on any atom is 0.409 e. The van der Waals surface area contributed by atoms with Crippen LogP contribution in [0.15, 0.2) is 54.6 Å². The number of hydrogen-bond donors (Lipinski definition) is 1. The molecule has 2 aromatic rings. The summed E-state index contributed by atoms with van der Waals surface area (Å²) in [7, 11) is 1.40. The molecular weight excluding hydrogens is 368 g/mol. The maximum atomic E-state index is 12.5. The van der Waals surface area contributed by atoms with Gasteiger partial charge in [0.1, 0.15) is 0 Å². The fourth-order valence-corrected chi connectivity index (χ4v) is 4.62. The van der Waals surface area contributed by atoms with Gasteiger partial charge in [0.2, 0.25) is 0 Å². The third-order valence-electron chi connectivity index (χ3n) is 6.04. The highest BCUT2D eigenvalue weighted by Crippen LogP contribution is 2.36. The molecule has 0 saturated carbocycles. The quantitative estimate of drug-likeness (QED) is 0.855. The molecule has 2 aliphatic heterocycles. The van der Waals surface area contributed by atoms with Gasteiger partial charge in [-0.1, -0.05) is 54.6 Å². The molecule has 152 valence electrons. The van der Waals surface area contributed by atoms with E-state index in [4.69, 9.17) is 9.47 Å². The molecule has 2 saturated heterocycles. The van der Waals surface area contributed by atoms with Crippen molar-refractivity contribution in [2.24, 2.45) is 0 Å². The van der Waals surface area contributed by atoms with Gasteiger partial charge in [0.05, 0.1) is 25.3 Å². The summed E-state index contributed by atoms with van der Waals surface area (Å²) in [6.07, 6.45) is 2.18. The van der Waals surface area contributed by atoms with E-state index in [0.717, 1.165) is 29.5 Å². The standard InChI is InChI=1S/C23H26N2O4/c1-28-22(27)25-13-6-11-23(12-14-29-21(26)24-23)20(25)16-17-7-5-10-19(15-17)18-8-3-2-4-9-18/h2-5,7-10,15,20H,6,11-14,16H2,1H3,(H,24,26)/t20?,23-/m1/s1. The van der Waals surface area contributed by atoms with Crippen LogP contribution in [-0.4, -0.2) is 48.9 Å². The van der Waals surface area contributed by atoms with Crippen molar-refractivity contribution >= 4 is 12.2 Å². The van der Waals surface area contributed by atoms with Crippen LogP contribution in [0.2, 0.25) is 0 Å². The zero-order valence-corrected chi connectivity index (χ0v) is 16.6. The van der Waals surface area contributed by atoms with E-state index in [1.54, 1.807) is 4.90 Å². The Balaban J connectivity index is 1.67. The fourth-order valence-electron chi connectivity index (χ4n) is 4.62. The predicted molar refractivity (Wildman–Crippen MR) is 110 cm³/mol. The van der Waals surface area contributed by atoms with E-state index in [2.05, 4.69) is 35.6 Å². The topological polar surface area (TPSA) is 67.9 Å². The zero-order valence-electron chi connectivity index (χ0n) is 16.6. The smallest absolute Gasteiger partial charge is 0.409 e. The largest absolute Gasteiger partial charge is 0.453 e. The number of ether oxygens (including phenoxy) is 2. The van der Waals surface area contributed by atoms with Crippen molar-refractivity contribution < 1.29 is 19.1 Å². The van der Waals surface area contributed by atoms with Crippen molar-refractivity contribution in [1.29, 1.82) is 0 Å². The molecule has 6 heteroatoms. The van der Waals surface area contributed by atoms with Crippen molar-refractivity contribution in [2.45, 2.75) is 37.3 Å². The van der Waals surface area contributed by atoms with Gasteiger partial charge in [-0.25, -0.2) is 9.59 Å². The summed E-state index contributed by atoms with van der Waals surface area (Å²) in [5, 5.41) is 3.05. The predicted octanol–water partition coefficient (Wildman–Crippen LogP) is 4.00. The minimum absolute atomic E-state index is 0.192. The van der Waals surface area contributed by atoms with Crippen LogP contribution in [0.3, 0.4) is 0 Å². The Bertz CT molecular complexity index is 881. The average Bonchev–Trinajstić information content (AvgIpc) is 2.75. The second-order valence-corrected chi connectivity index (χ2v) is 7.72. The summed E-state index contributed by atoms with van der Waals surface area (Å²) in [4.78, 5) is 26.3. The number of nitrogens with one attached hydrogen (secondary N) is 1. The van der Waals surface area contributed by atoms with E-state index in [0.29, 0.717) is 26.0 Å². The molecule has 0 bridgehead atoms. The monoisotopic (exact) mass is 394 g/mol. The Labute approximate surface area is 170 Å². The molecule has 1 N–H and O–H groups in total. The number of carbonyl (C=O) groups excluding carboxylic acids is 2. The number of piperidine rings is 1. The molecule has 2 atom stereocenters. The molecule has 2 aromatic carbocycles. The van der Waals surface area contributed by atoms with Gasteiger partial charge in [-0.15, -0.1) is 0 Å². The van der Waals surface area contributed by atoms with E-state index in [1.807, 2.05) is 24.3 Å². The minimum Gasteiger partial charge on any atom is -0.453 e. The van der Waals surface area contributed by atoms with E-state index in [1.165, 1.54) is 7.11 Å². The third kappa shape index (κ3) is 3.92.